The molecule has 1 aromatic heterocycles. The van der Waals surface area contributed by atoms with E-state index in [1.54, 1.807) is 0 Å². The molecule has 2 N–H and O–H groups in total. The Labute approximate surface area is 128 Å². The number of aryl methyl sites for hydroxylation is 1. The average molecular weight is 298 g/mol. The van der Waals surface area contributed by atoms with Crippen molar-refractivity contribution in [3.8, 4) is 11.3 Å². The van der Waals surface area contributed by atoms with E-state index in [4.69, 9.17) is 5.11 Å². The number of rotatable bonds is 4. The molecule has 0 spiro atoms. The van der Waals surface area contributed by atoms with Crippen molar-refractivity contribution in [2.75, 3.05) is 18.0 Å². The van der Waals surface area contributed by atoms with E-state index >= 15 is 0 Å². The van der Waals surface area contributed by atoms with Crippen LogP contribution < -0.4 is 10.5 Å². The predicted molar refractivity (Wildman–Crippen MR) is 85.7 cm³/mol. The van der Waals surface area contributed by atoms with Gasteiger partial charge in [-0.15, -0.1) is 0 Å². The highest BCUT2D eigenvalue weighted by molar-refractivity contribution is 5.88. The van der Waals surface area contributed by atoms with Gasteiger partial charge in [0.2, 0.25) is 0 Å². The van der Waals surface area contributed by atoms with E-state index in [0.717, 1.165) is 24.2 Å². The van der Waals surface area contributed by atoms with Gasteiger partial charge in [-0.05, 0) is 42.2 Å². The Morgan fingerprint density at radius 2 is 1.95 bits per heavy atom. The normalized spacial score (nSPS) is 13.8. The van der Waals surface area contributed by atoms with Crippen LogP contribution in [0.2, 0.25) is 0 Å². The molecule has 1 aliphatic heterocycles. The SMILES string of the molecule is CCc1cc(C(=O)O)c(=O)[nH]c1-c1ccc(N2CCC2)cc1. The third kappa shape index (κ3) is 2.50. The van der Waals surface area contributed by atoms with Crippen LogP contribution in [0.15, 0.2) is 35.1 Å². The molecule has 1 aromatic carbocycles. The summed E-state index contributed by atoms with van der Waals surface area (Å²) >= 11 is 0. The Morgan fingerprint density at radius 3 is 2.45 bits per heavy atom. The van der Waals surface area contributed by atoms with Crippen LogP contribution in [0, 0.1) is 0 Å². The van der Waals surface area contributed by atoms with Crippen molar-refractivity contribution in [1.82, 2.24) is 4.98 Å². The highest BCUT2D eigenvalue weighted by Crippen LogP contribution is 2.26. The number of carboxylic acid groups (broad SMARTS) is 1. The van der Waals surface area contributed by atoms with Gasteiger partial charge in [0.1, 0.15) is 5.56 Å². The summed E-state index contributed by atoms with van der Waals surface area (Å²) in [6.45, 7) is 4.12. The molecule has 1 fully saturated rings. The third-order valence-electron chi connectivity index (χ3n) is 4.11. The fourth-order valence-electron chi connectivity index (χ4n) is 2.68. The topological polar surface area (TPSA) is 73.4 Å². The molecule has 3 rings (SSSR count). The molecule has 5 nitrogen and oxygen atoms in total. The molecule has 0 amide bonds. The van der Waals surface area contributed by atoms with E-state index in [9.17, 15) is 9.59 Å². The molecule has 0 saturated carbocycles. The standard InChI is InChI=1S/C17H18N2O3/c1-2-11-10-14(17(21)22)16(20)18-15(11)12-4-6-13(7-5-12)19-8-3-9-19/h4-7,10H,2-3,8-9H2,1H3,(H,18,20)(H,21,22). The summed E-state index contributed by atoms with van der Waals surface area (Å²) in [5, 5.41) is 9.05. The Morgan fingerprint density at radius 1 is 1.27 bits per heavy atom. The molecule has 0 bridgehead atoms. The molecule has 0 radical (unpaired) electrons. The first kappa shape index (κ1) is 14.4. The number of carbonyl (C=O) groups is 1. The molecule has 5 heteroatoms. The number of aromatic carboxylic acids is 1. The zero-order valence-corrected chi connectivity index (χ0v) is 12.4. The van der Waals surface area contributed by atoms with Crippen molar-refractivity contribution < 1.29 is 9.90 Å². The minimum absolute atomic E-state index is 0.210. The largest absolute Gasteiger partial charge is 0.477 e. The van der Waals surface area contributed by atoms with Gasteiger partial charge in [0.15, 0.2) is 0 Å². The van der Waals surface area contributed by atoms with Crippen LogP contribution in [0.4, 0.5) is 5.69 Å². The second-order valence-corrected chi connectivity index (χ2v) is 5.46. The van der Waals surface area contributed by atoms with Crippen LogP contribution in [0.3, 0.4) is 0 Å². The summed E-state index contributed by atoms with van der Waals surface area (Å²) in [7, 11) is 0. The lowest BCUT2D eigenvalue weighted by molar-refractivity contribution is 0.0695. The Kier molecular flexibility index (Phi) is 3.71. The fourth-order valence-corrected chi connectivity index (χ4v) is 2.68. The van der Waals surface area contributed by atoms with Crippen molar-refractivity contribution in [3.63, 3.8) is 0 Å². The van der Waals surface area contributed by atoms with Gasteiger partial charge in [-0.2, -0.15) is 0 Å². The highest BCUT2D eigenvalue weighted by Gasteiger charge is 2.16. The lowest BCUT2D eigenvalue weighted by atomic mass is 10.0. The lowest BCUT2D eigenvalue weighted by Gasteiger charge is -2.33. The van der Waals surface area contributed by atoms with Gasteiger partial charge in [0, 0.05) is 18.8 Å². The van der Waals surface area contributed by atoms with Crippen LogP contribution in [-0.4, -0.2) is 29.1 Å². The second kappa shape index (κ2) is 5.67. The lowest BCUT2D eigenvalue weighted by Crippen LogP contribution is -2.36. The molecule has 0 atom stereocenters. The van der Waals surface area contributed by atoms with Crippen LogP contribution in [0.1, 0.15) is 29.3 Å². The van der Waals surface area contributed by atoms with E-state index in [-0.39, 0.29) is 5.56 Å². The van der Waals surface area contributed by atoms with Crippen LogP contribution >= 0.6 is 0 Å². The fraction of sp³-hybridized carbons (Fsp3) is 0.294. The molecular weight excluding hydrogens is 280 g/mol. The number of benzene rings is 1. The van der Waals surface area contributed by atoms with Gasteiger partial charge in [-0.1, -0.05) is 19.1 Å². The third-order valence-corrected chi connectivity index (χ3v) is 4.11. The summed E-state index contributed by atoms with van der Waals surface area (Å²) < 4.78 is 0. The van der Waals surface area contributed by atoms with Gasteiger partial charge < -0.3 is 15.0 Å². The van der Waals surface area contributed by atoms with Crippen molar-refractivity contribution >= 4 is 11.7 Å². The minimum atomic E-state index is -1.20. The number of anilines is 1. The number of aromatic nitrogens is 1. The summed E-state index contributed by atoms with van der Waals surface area (Å²) in [5.41, 5.74) is 2.83. The summed E-state index contributed by atoms with van der Waals surface area (Å²) in [6.07, 6.45) is 1.88. The second-order valence-electron chi connectivity index (χ2n) is 5.46. The Balaban J connectivity index is 2.01. The first-order valence-electron chi connectivity index (χ1n) is 7.45. The van der Waals surface area contributed by atoms with E-state index in [1.165, 1.54) is 18.2 Å². The molecule has 1 saturated heterocycles. The number of hydrogen-bond donors (Lipinski definition) is 2. The van der Waals surface area contributed by atoms with Crippen molar-refractivity contribution in [2.45, 2.75) is 19.8 Å². The van der Waals surface area contributed by atoms with Gasteiger partial charge in [-0.25, -0.2) is 4.79 Å². The Hall–Kier alpha value is -2.56. The van der Waals surface area contributed by atoms with E-state index in [1.807, 2.05) is 31.2 Å². The first-order chi connectivity index (χ1) is 10.6. The molecule has 0 aliphatic carbocycles. The molecule has 114 valence electrons. The molecule has 1 aliphatic rings. The molecule has 2 aromatic rings. The number of nitrogens with one attached hydrogen (secondary N) is 1. The van der Waals surface area contributed by atoms with Crippen LogP contribution in [-0.2, 0) is 6.42 Å². The number of aromatic amines is 1. The Bertz CT molecular complexity index is 758. The van der Waals surface area contributed by atoms with Crippen molar-refractivity contribution in [2.24, 2.45) is 0 Å². The van der Waals surface area contributed by atoms with E-state index < -0.39 is 11.5 Å². The van der Waals surface area contributed by atoms with Gasteiger partial charge in [0.05, 0.1) is 5.69 Å². The van der Waals surface area contributed by atoms with Gasteiger partial charge in [-0.3, -0.25) is 4.79 Å². The smallest absolute Gasteiger partial charge is 0.341 e. The number of hydrogen-bond acceptors (Lipinski definition) is 3. The number of H-pyrrole nitrogens is 1. The van der Waals surface area contributed by atoms with E-state index in [2.05, 4.69) is 9.88 Å². The quantitative estimate of drug-likeness (QED) is 0.909. The van der Waals surface area contributed by atoms with Crippen molar-refractivity contribution in [3.05, 3.63) is 51.8 Å². The monoisotopic (exact) mass is 298 g/mol. The van der Waals surface area contributed by atoms with Crippen LogP contribution in [0.5, 0.6) is 0 Å². The number of carboxylic acids is 1. The molecule has 2 heterocycles. The van der Waals surface area contributed by atoms with Crippen molar-refractivity contribution in [1.29, 1.82) is 0 Å². The average Bonchev–Trinajstić information content (AvgIpc) is 2.45. The predicted octanol–water partition coefficient (Wildman–Crippen LogP) is 2.51. The molecular formula is C17H18N2O3. The van der Waals surface area contributed by atoms with Gasteiger partial charge in [0.25, 0.3) is 5.56 Å². The highest BCUT2D eigenvalue weighted by atomic mass is 16.4. The molecule has 22 heavy (non-hydrogen) atoms. The van der Waals surface area contributed by atoms with E-state index in [0.29, 0.717) is 12.1 Å². The summed E-state index contributed by atoms with van der Waals surface area (Å²) in [6, 6.07) is 9.49. The zero-order valence-electron chi connectivity index (χ0n) is 12.4. The van der Waals surface area contributed by atoms with Gasteiger partial charge >= 0.3 is 5.97 Å². The molecule has 0 unspecified atom stereocenters. The number of pyridine rings is 1. The first-order valence-corrected chi connectivity index (χ1v) is 7.45. The zero-order chi connectivity index (χ0) is 15.7. The summed E-state index contributed by atoms with van der Waals surface area (Å²) in [5.74, 6) is -1.20. The maximum Gasteiger partial charge on any atom is 0.341 e. The maximum atomic E-state index is 11.9. The van der Waals surface area contributed by atoms with Crippen LogP contribution in [0.25, 0.3) is 11.3 Å². The maximum absolute atomic E-state index is 11.9. The minimum Gasteiger partial charge on any atom is -0.477 e. The number of nitrogens with zero attached hydrogens (tertiary/aromatic N) is 1. The summed E-state index contributed by atoms with van der Waals surface area (Å²) in [4.78, 5) is 28.0.